The average molecular weight is 276 g/mol. The van der Waals surface area contributed by atoms with Crippen LogP contribution in [0.5, 0.6) is 5.88 Å². The van der Waals surface area contributed by atoms with E-state index in [9.17, 15) is 0 Å². The van der Waals surface area contributed by atoms with Gasteiger partial charge in [-0.1, -0.05) is 0 Å². The third-order valence-electron chi connectivity index (χ3n) is 4.67. The Bertz CT molecular complexity index is 439. The van der Waals surface area contributed by atoms with E-state index in [-0.39, 0.29) is 0 Å². The molecule has 5 nitrogen and oxygen atoms in total. The molecule has 2 bridgehead atoms. The topological polar surface area (TPSA) is 50.3 Å². The molecular weight excluding hydrogens is 252 g/mol. The average Bonchev–Trinajstić information content (AvgIpc) is 2.68. The molecule has 110 valence electrons. The van der Waals surface area contributed by atoms with Crippen LogP contribution in [0.1, 0.15) is 32.6 Å². The number of fused-ring (bicyclic) bond motifs is 2. The highest BCUT2D eigenvalue weighted by Crippen LogP contribution is 2.37. The van der Waals surface area contributed by atoms with Crippen molar-refractivity contribution in [1.82, 2.24) is 14.9 Å². The first-order chi connectivity index (χ1) is 9.76. The third-order valence-corrected chi connectivity index (χ3v) is 4.67. The summed E-state index contributed by atoms with van der Waals surface area (Å²) < 4.78 is 5.40. The highest BCUT2D eigenvalue weighted by atomic mass is 16.5. The molecule has 2 aliphatic rings. The molecule has 20 heavy (non-hydrogen) atoms. The van der Waals surface area contributed by atoms with Crippen molar-refractivity contribution in [3.63, 3.8) is 0 Å². The van der Waals surface area contributed by atoms with Crippen molar-refractivity contribution < 1.29 is 4.74 Å². The van der Waals surface area contributed by atoms with Gasteiger partial charge in [-0.05, 0) is 45.6 Å². The second-order valence-corrected chi connectivity index (χ2v) is 5.92. The fourth-order valence-electron chi connectivity index (χ4n) is 3.58. The predicted octanol–water partition coefficient (Wildman–Crippen LogP) is 2.16. The molecule has 0 aliphatic carbocycles. The zero-order valence-electron chi connectivity index (χ0n) is 12.4. The van der Waals surface area contributed by atoms with Gasteiger partial charge in [0.1, 0.15) is 0 Å². The molecule has 0 saturated carbocycles. The first-order valence-corrected chi connectivity index (χ1v) is 7.68. The number of nitrogens with one attached hydrogen (secondary N) is 1. The van der Waals surface area contributed by atoms with Gasteiger partial charge in [-0.15, -0.1) is 0 Å². The summed E-state index contributed by atoms with van der Waals surface area (Å²) in [6, 6.07) is 3.37. The van der Waals surface area contributed by atoms with Crippen LogP contribution in [0, 0.1) is 5.92 Å². The molecule has 0 aromatic carbocycles. The van der Waals surface area contributed by atoms with Gasteiger partial charge in [-0.25, -0.2) is 4.98 Å². The molecule has 1 N–H and O–H groups in total. The summed E-state index contributed by atoms with van der Waals surface area (Å²) in [7, 11) is 2.28. The SMILES string of the molecule is CCOc1ccnc(NCC2CC3CCC(C2)N3C)n1. The lowest BCUT2D eigenvalue weighted by Crippen LogP contribution is -2.41. The van der Waals surface area contributed by atoms with E-state index in [1.54, 1.807) is 12.3 Å². The van der Waals surface area contributed by atoms with E-state index in [0.29, 0.717) is 18.4 Å². The van der Waals surface area contributed by atoms with Crippen molar-refractivity contribution in [3.05, 3.63) is 12.3 Å². The van der Waals surface area contributed by atoms with Crippen LogP contribution < -0.4 is 10.1 Å². The van der Waals surface area contributed by atoms with Crippen LogP contribution in [-0.4, -0.2) is 47.2 Å². The molecular formula is C15H24N4O. The molecule has 3 heterocycles. The quantitative estimate of drug-likeness (QED) is 0.893. The van der Waals surface area contributed by atoms with Crippen molar-refractivity contribution in [1.29, 1.82) is 0 Å². The van der Waals surface area contributed by atoms with Crippen molar-refractivity contribution in [2.45, 2.75) is 44.7 Å². The van der Waals surface area contributed by atoms with Crippen molar-refractivity contribution in [2.24, 2.45) is 5.92 Å². The fourth-order valence-corrected chi connectivity index (χ4v) is 3.58. The molecule has 3 rings (SSSR count). The summed E-state index contributed by atoms with van der Waals surface area (Å²) in [4.78, 5) is 11.2. The van der Waals surface area contributed by atoms with Gasteiger partial charge in [0, 0.05) is 30.9 Å². The Morgan fingerprint density at radius 2 is 2.10 bits per heavy atom. The van der Waals surface area contributed by atoms with Gasteiger partial charge in [-0.3, -0.25) is 0 Å². The van der Waals surface area contributed by atoms with Gasteiger partial charge in [0.25, 0.3) is 0 Å². The Morgan fingerprint density at radius 1 is 1.35 bits per heavy atom. The van der Waals surface area contributed by atoms with Gasteiger partial charge in [0.15, 0.2) is 0 Å². The van der Waals surface area contributed by atoms with Gasteiger partial charge < -0.3 is 15.0 Å². The standard InChI is InChI=1S/C15H24N4O/c1-3-20-14-6-7-16-15(18-14)17-10-11-8-12-4-5-13(9-11)19(12)2/h6-7,11-13H,3-5,8-10H2,1-2H3,(H,16,17,18). The number of aromatic nitrogens is 2. The van der Waals surface area contributed by atoms with Crippen LogP contribution in [0.2, 0.25) is 0 Å². The van der Waals surface area contributed by atoms with Crippen LogP contribution in [0.25, 0.3) is 0 Å². The fraction of sp³-hybridized carbons (Fsp3) is 0.733. The minimum Gasteiger partial charge on any atom is -0.478 e. The van der Waals surface area contributed by atoms with Gasteiger partial charge in [0.2, 0.25) is 11.8 Å². The van der Waals surface area contributed by atoms with Gasteiger partial charge in [-0.2, -0.15) is 4.98 Å². The molecule has 2 aliphatic heterocycles. The number of rotatable bonds is 5. The van der Waals surface area contributed by atoms with E-state index in [1.165, 1.54) is 25.7 Å². The normalized spacial score (nSPS) is 29.4. The zero-order valence-corrected chi connectivity index (χ0v) is 12.4. The van der Waals surface area contributed by atoms with Crippen molar-refractivity contribution in [3.8, 4) is 5.88 Å². The summed E-state index contributed by atoms with van der Waals surface area (Å²) >= 11 is 0. The molecule has 2 fully saturated rings. The predicted molar refractivity (Wildman–Crippen MR) is 79.0 cm³/mol. The van der Waals surface area contributed by atoms with Crippen molar-refractivity contribution >= 4 is 5.95 Å². The summed E-state index contributed by atoms with van der Waals surface area (Å²) in [5.41, 5.74) is 0. The van der Waals surface area contributed by atoms with Crippen LogP contribution >= 0.6 is 0 Å². The zero-order chi connectivity index (χ0) is 13.9. The Hall–Kier alpha value is -1.36. The number of hydrogen-bond acceptors (Lipinski definition) is 5. The maximum absolute atomic E-state index is 5.40. The molecule has 1 aromatic heterocycles. The molecule has 0 radical (unpaired) electrons. The maximum Gasteiger partial charge on any atom is 0.225 e. The molecule has 2 unspecified atom stereocenters. The first-order valence-electron chi connectivity index (χ1n) is 7.68. The van der Waals surface area contributed by atoms with E-state index in [0.717, 1.165) is 24.5 Å². The van der Waals surface area contributed by atoms with E-state index in [1.807, 2.05) is 6.92 Å². The highest BCUT2D eigenvalue weighted by Gasteiger charge is 2.38. The lowest BCUT2D eigenvalue weighted by Gasteiger charge is -2.36. The summed E-state index contributed by atoms with van der Waals surface area (Å²) in [5.74, 6) is 2.07. The van der Waals surface area contributed by atoms with Crippen LogP contribution in [0.15, 0.2) is 12.3 Å². The van der Waals surface area contributed by atoms with Crippen LogP contribution in [0.3, 0.4) is 0 Å². The second kappa shape index (κ2) is 5.95. The number of piperidine rings is 1. The minimum absolute atomic E-state index is 0.634. The number of anilines is 1. The third kappa shape index (κ3) is 2.87. The summed E-state index contributed by atoms with van der Waals surface area (Å²) in [6.45, 7) is 3.56. The number of ether oxygens (including phenoxy) is 1. The van der Waals surface area contributed by atoms with Crippen LogP contribution in [-0.2, 0) is 0 Å². The largest absolute Gasteiger partial charge is 0.478 e. The smallest absolute Gasteiger partial charge is 0.225 e. The van der Waals surface area contributed by atoms with Crippen molar-refractivity contribution in [2.75, 3.05) is 25.5 Å². The lowest BCUT2D eigenvalue weighted by molar-refractivity contribution is 0.139. The Labute approximate surface area is 120 Å². The number of nitrogens with zero attached hydrogens (tertiary/aromatic N) is 3. The minimum atomic E-state index is 0.634. The molecule has 2 saturated heterocycles. The Balaban J connectivity index is 1.53. The molecule has 5 heteroatoms. The van der Waals surface area contributed by atoms with E-state index < -0.39 is 0 Å². The van der Waals surface area contributed by atoms with E-state index >= 15 is 0 Å². The summed E-state index contributed by atoms with van der Waals surface area (Å²) in [6.07, 6.45) is 7.08. The summed E-state index contributed by atoms with van der Waals surface area (Å²) in [5, 5.41) is 3.38. The lowest BCUT2D eigenvalue weighted by atomic mass is 9.91. The monoisotopic (exact) mass is 276 g/mol. The van der Waals surface area contributed by atoms with Crippen LogP contribution in [0.4, 0.5) is 5.95 Å². The van der Waals surface area contributed by atoms with E-state index in [2.05, 4.69) is 27.2 Å². The van der Waals surface area contributed by atoms with Gasteiger partial charge >= 0.3 is 0 Å². The first kappa shape index (κ1) is 13.6. The molecule has 0 amide bonds. The van der Waals surface area contributed by atoms with Gasteiger partial charge in [0.05, 0.1) is 6.61 Å². The number of hydrogen-bond donors (Lipinski definition) is 1. The van der Waals surface area contributed by atoms with E-state index in [4.69, 9.17) is 4.74 Å². The molecule has 0 spiro atoms. The molecule has 2 atom stereocenters. The molecule has 1 aromatic rings. The highest BCUT2D eigenvalue weighted by molar-refractivity contribution is 5.27. The Kier molecular flexibility index (Phi) is 4.05. The second-order valence-electron chi connectivity index (χ2n) is 5.92. The Morgan fingerprint density at radius 3 is 2.80 bits per heavy atom. The maximum atomic E-state index is 5.40.